The van der Waals surface area contributed by atoms with Gasteiger partial charge in [-0.2, -0.15) is 9.61 Å². The minimum atomic E-state index is -0.0532. The maximum Gasteiger partial charge on any atom is 0.228 e. The Morgan fingerprint density at radius 1 is 1.27 bits per heavy atom. The van der Waals surface area contributed by atoms with Crippen molar-refractivity contribution in [2.24, 2.45) is 0 Å². The first-order valence-electron chi connectivity index (χ1n) is 10.0. The van der Waals surface area contributed by atoms with E-state index in [0.717, 1.165) is 52.2 Å². The summed E-state index contributed by atoms with van der Waals surface area (Å²) in [6.45, 7) is 7.69. The number of nitrogens with zero attached hydrogens (tertiary/aromatic N) is 3. The quantitative estimate of drug-likeness (QED) is 0.620. The molecule has 1 aromatic carbocycles. The summed E-state index contributed by atoms with van der Waals surface area (Å²) in [5.41, 5.74) is 6.36. The smallest absolute Gasteiger partial charge is 0.228 e. The highest BCUT2D eigenvalue weighted by molar-refractivity contribution is 5.90. The van der Waals surface area contributed by atoms with Crippen molar-refractivity contribution in [1.29, 1.82) is 0 Å². The molecule has 7 nitrogen and oxygen atoms in total. The number of hydrogen-bond donors (Lipinski definition) is 3. The van der Waals surface area contributed by atoms with Crippen LogP contribution in [0, 0.1) is 13.8 Å². The van der Waals surface area contributed by atoms with Crippen LogP contribution < -0.4 is 10.6 Å². The molecular weight excluding hydrogens is 378 g/mol. The number of amides is 1. The third kappa shape index (κ3) is 3.22. The van der Waals surface area contributed by atoms with Gasteiger partial charge in [-0.15, -0.1) is 0 Å². The number of benzene rings is 1. The molecule has 0 spiro atoms. The standard InChI is InChI=1S/C23H23N5O2/c1-12-6-16(7-13(2)22(12)30)19-10-20(26-18-4-5-18)28-23(27-19)17(11-24-28)8-15-9-21(29)25-14(15)3/h6-8,10-11,18,26,30H,3-5,9H2,1-2H3,(H,25,29)/b15-8+. The minimum Gasteiger partial charge on any atom is -0.507 e. The first-order valence-corrected chi connectivity index (χ1v) is 10.0. The van der Waals surface area contributed by atoms with Crippen LogP contribution in [0.5, 0.6) is 5.75 Å². The SMILES string of the molecule is C=C1NC(=O)C/C1=C\c1cnn2c(NC3CC3)cc(-c3cc(C)c(O)c(C)c3)nc12. The summed E-state index contributed by atoms with van der Waals surface area (Å²) in [5, 5.41) is 21.0. The lowest BCUT2D eigenvalue weighted by molar-refractivity contribution is -0.118. The number of nitrogens with one attached hydrogen (secondary N) is 2. The second-order valence-electron chi connectivity index (χ2n) is 8.11. The van der Waals surface area contributed by atoms with Crippen molar-refractivity contribution in [2.45, 2.75) is 39.2 Å². The van der Waals surface area contributed by atoms with Gasteiger partial charge >= 0.3 is 0 Å². The van der Waals surface area contributed by atoms with Gasteiger partial charge in [-0.3, -0.25) is 4.79 Å². The fourth-order valence-corrected chi connectivity index (χ4v) is 3.77. The summed E-state index contributed by atoms with van der Waals surface area (Å²) in [6.07, 6.45) is 6.28. The van der Waals surface area contributed by atoms with Crippen LogP contribution in [0.3, 0.4) is 0 Å². The number of carbonyl (C=O) groups is 1. The van der Waals surface area contributed by atoms with Gasteiger partial charge in [-0.1, -0.05) is 6.58 Å². The van der Waals surface area contributed by atoms with E-state index in [2.05, 4.69) is 22.3 Å². The molecule has 2 aliphatic rings. The summed E-state index contributed by atoms with van der Waals surface area (Å²) < 4.78 is 1.81. The first-order chi connectivity index (χ1) is 14.4. The summed E-state index contributed by atoms with van der Waals surface area (Å²) in [7, 11) is 0. The molecule has 0 radical (unpaired) electrons. The lowest BCUT2D eigenvalue weighted by Gasteiger charge is -2.12. The van der Waals surface area contributed by atoms with Crippen molar-refractivity contribution in [1.82, 2.24) is 19.9 Å². The molecule has 152 valence electrons. The molecule has 30 heavy (non-hydrogen) atoms. The number of aromatic nitrogens is 3. The molecule has 7 heteroatoms. The molecule has 0 unspecified atom stereocenters. The molecule has 2 aromatic heterocycles. The van der Waals surface area contributed by atoms with Crippen LogP contribution in [0.15, 0.2) is 42.2 Å². The number of fused-ring (bicyclic) bond motifs is 1. The average Bonchev–Trinajstić information content (AvgIpc) is 3.34. The Balaban J connectivity index is 1.67. The highest BCUT2D eigenvalue weighted by atomic mass is 16.3. The largest absolute Gasteiger partial charge is 0.507 e. The number of rotatable bonds is 4. The molecule has 3 N–H and O–H groups in total. The summed E-state index contributed by atoms with van der Waals surface area (Å²) in [5.74, 6) is 1.13. The Kier molecular flexibility index (Phi) is 4.13. The van der Waals surface area contributed by atoms with E-state index in [4.69, 9.17) is 4.98 Å². The second kappa shape index (κ2) is 6.73. The van der Waals surface area contributed by atoms with Gasteiger partial charge in [0.2, 0.25) is 5.91 Å². The van der Waals surface area contributed by atoms with Gasteiger partial charge in [0.25, 0.3) is 0 Å². The van der Waals surface area contributed by atoms with E-state index in [9.17, 15) is 9.90 Å². The summed E-state index contributed by atoms with van der Waals surface area (Å²) in [4.78, 5) is 16.6. The Labute approximate surface area is 174 Å². The van der Waals surface area contributed by atoms with Crippen LogP contribution in [0.4, 0.5) is 5.82 Å². The number of aromatic hydroxyl groups is 1. The fourth-order valence-electron chi connectivity index (χ4n) is 3.77. The Hall–Kier alpha value is -3.61. The van der Waals surface area contributed by atoms with Crippen LogP contribution in [-0.4, -0.2) is 31.7 Å². The Bertz CT molecular complexity index is 1230. The van der Waals surface area contributed by atoms with Crippen molar-refractivity contribution in [2.75, 3.05) is 5.32 Å². The molecule has 1 aliphatic carbocycles. The lowest BCUT2D eigenvalue weighted by atomic mass is 10.0. The Morgan fingerprint density at radius 3 is 2.63 bits per heavy atom. The number of allylic oxidation sites excluding steroid dienone is 1. The first kappa shape index (κ1) is 18.4. The van der Waals surface area contributed by atoms with E-state index in [1.165, 1.54) is 0 Å². The number of phenols is 1. The molecule has 3 aromatic rings. The van der Waals surface area contributed by atoms with Crippen LogP contribution in [0.1, 0.15) is 36.0 Å². The van der Waals surface area contributed by atoms with E-state index in [-0.39, 0.29) is 5.91 Å². The van der Waals surface area contributed by atoms with E-state index in [1.807, 2.05) is 38.1 Å². The van der Waals surface area contributed by atoms with Crippen LogP contribution in [0.25, 0.3) is 23.0 Å². The van der Waals surface area contributed by atoms with E-state index in [0.29, 0.717) is 29.6 Å². The molecule has 1 aliphatic heterocycles. The number of anilines is 1. The van der Waals surface area contributed by atoms with E-state index < -0.39 is 0 Å². The van der Waals surface area contributed by atoms with Crippen LogP contribution >= 0.6 is 0 Å². The van der Waals surface area contributed by atoms with Crippen molar-refractivity contribution in [3.8, 4) is 17.0 Å². The fraction of sp³-hybridized carbons (Fsp3) is 0.261. The number of hydrogen-bond acceptors (Lipinski definition) is 5. The molecule has 5 rings (SSSR count). The number of aryl methyl sites for hydroxylation is 2. The summed E-state index contributed by atoms with van der Waals surface area (Å²) >= 11 is 0. The zero-order valence-electron chi connectivity index (χ0n) is 17.0. The molecular formula is C23H23N5O2. The van der Waals surface area contributed by atoms with Crippen molar-refractivity contribution >= 4 is 23.4 Å². The van der Waals surface area contributed by atoms with Crippen molar-refractivity contribution in [3.05, 3.63) is 58.9 Å². The zero-order valence-corrected chi connectivity index (χ0v) is 17.0. The molecule has 2 fully saturated rings. The van der Waals surface area contributed by atoms with Crippen molar-refractivity contribution in [3.63, 3.8) is 0 Å². The second-order valence-corrected chi connectivity index (χ2v) is 8.11. The normalized spacial score (nSPS) is 17.7. The van der Waals surface area contributed by atoms with Gasteiger partial charge in [-0.05, 0) is 61.6 Å². The minimum absolute atomic E-state index is 0.0532. The molecule has 3 heterocycles. The highest BCUT2D eigenvalue weighted by Crippen LogP contribution is 2.32. The molecule has 1 amide bonds. The van der Waals surface area contributed by atoms with Gasteiger partial charge in [0.15, 0.2) is 5.65 Å². The molecule has 1 saturated carbocycles. The van der Waals surface area contributed by atoms with Crippen molar-refractivity contribution < 1.29 is 9.90 Å². The third-order valence-electron chi connectivity index (χ3n) is 5.57. The molecule has 1 saturated heterocycles. The van der Waals surface area contributed by atoms with Gasteiger partial charge in [0.1, 0.15) is 11.6 Å². The third-order valence-corrected chi connectivity index (χ3v) is 5.57. The van der Waals surface area contributed by atoms with Gasteiger partial charge in [0.05, 0.1) is 18.3 Å². The molecule has 0 bridgehead atoms. The topological polar surface area (TPSA) is 91.6 Å². The van der Waals surface area contributed by atoms with Gasteiger partial charge in [0, 0.05) is 28.9 Å². The Morgan fingerprint density at radius 2 is 2.00 bits per heavy atom. The summed E-state index contributed by atoms with van der Waals surface area (Å²) in [6, 6.07) is 6.34. The maximum atomic E-state index is 11.7. The van der Waals surface area contributed by atoms with Gasteiger partial charge < -0.3 is 15.7 Å². The van der Waals surface area contributed by atoms with E-state index >= 15 is 0 Å². The van der Waals surface area contributed by atoms with Gasteiger partial charge in [-0.25, -0.2) is 4.98 Å². The average molecular weight is 401 g/mol. The maximum absolute atomic E-state index is 11.7. The lowest BCUT2D eigenvalue weighted by Crippen LogP contribution is -2.10. The zero-order chi connectivity index (χ0) is 21.0. The monoisotopic (exact) mass is 401 g/mol. The predicted octanol–water partition coefficient (Wildman–Crippen LogP) is 3.71. The van der Waals surface area contributed by atoms with Crippen LogP contribution in [-0.2, 0) is 4.79 Å². The molecule has 0 atom stereocenters. The highest BCUT2D eigenvalue weighted by Gasteiger charge is 2.24. The number of carbonyl (C=O) groups excluding carboxylic acids is 1. The number of phenolic OH excluding ortho intramolecular Hbond substituents is 1. The van der Waals surface area contributed by atoms with Crippen LogP contribution in [0.2, 0.25) is 0 Å². The predicted molar refractivity (Wildman–Crippen MR) is 116 cm³/mol. The van der Waals surface area contributed by atoms with E-state index in [1.54, 1.807) is 10.7 Å².